The van der Waals surface area contributed by atoms with Gasteiger partial charge in [-0.2, -0.15) is 0 Å². The van der Waals surface area contributed by atoms with Gasteiger partial charge in [0.2, 0.25) is 0 Å². The van der Waals surface area contributed by atoms with E-state index in [0.717, 1.165) is 40.1 Å². The molecule has 1 aromatic carbocycles. The SMILES string of the molecule is CCNc1cc(COC)nc2c(C)cc(OC)cc12. The van der Waals surface area contributed by atoms with Crippen LogP contribution in [0, 0.1) is 6.92 Å². The zero-order valence-electron chi connectivity index (χ0n) is 11.9. The van der Waals surface area contributed by atoms with Crippen molar-refractivity contribution in [1.29, 1.82) is 0 Å². The molecular weight excluding hydrogens is 240 g/mol. The molecule has 1 heterocycles. The first-order chi connectivity index (χ1) is 9.19. The van der Waals surface area contributed by atoms with Crippen LogP contribution in [-0.4, -0.2) is 25.7 Å². The summed E-state index contributed by atoms with van der Waals surface area (Å²) >= 11 is 0. The number of fused-ring (bicyclic) bond motifs is 1. The quantitative estimate of drug-likeness (QED) is 0.897. The van der Waals surface area contributed by atoms with Crippen LogP contribution in [0.3, 0.4) is 0 Å². The van der Waals surface area contributed by atoms with Crippen LogP contribution in [0.1, 0.15) is 18.2 Å². The summed E-state index contributed by atoms with van der Waals surface area (Å²) in [5.41, 5.74) is 4.10. The fraction of sp³-hybridized carbons (Fsp3) is 0.400. The largest absolute Gasteiger partial charge is 0.497 e. The molecule has 1 N–H and O–H groups in total. The van der Waals surface area contributed by atoms with E-state index in [1.807, 2.05) is 25.1 Å². The third-order valence-corrected chi connectivity index (χ3v) is 3.03. The van der Waals surface area contributed by atoms with Gasteiger partial charge in [-0.1, -0.05) is 0 Å². The lowest BCUT2D eigenvalue weighted by molar-refractivity contribution is 0.182. The normalized spacial score (nSPS) is 10.7. The number of methoxy groups -OCH3 is 2. The molecule has 0 amide bonds. The van der Waals surface area contributed by atoms with Gasteiger partial charge in [-0.25, -0.2) is 4.98 Å². The van der Waals surface area contributed by atoms with Gasteiger partial charge >= 0.3 is 0 Å². The van der Waals surface area contributed by atoms with Gasteiger partial charge in [-0.05, 0) is 37.6 Å². The van der Waals surface area contributed by atoms with Crippen LogP contribution in [0.4, 0.5) is 5.69 Å². The van der Waals surface area contributed by atoms with E-state index in [1.54, 1.807) is 14.2 Å². The number of benzene rings is 1. The van der Waals surface area contributed by atoms with Crippen molar-refractivity contribution in [3.8, 4) is 5.75 Å². The first-order valence-electron chi connectivity index (χ1n) is 6.40. The van der Waals surface area contributed by atoms with Gasteiger partial charge in [0.15, 0.2) is 0 Å². The molecule has 0 aliphatic heterocycles. The Labute approximate surface area is 113 Å². The summed E-state index contributed by atoms with van der Waals surface area (Å²) in [7, 11) is 3.36. The molecule has 0 unspecified atom stereocenters. The minimum Gasteiger partial charge on any atom is -0.497 e. The maximum atomic E-state index is 5.33. The molecule has 4 nitrogen and oxygen atoms in total. The molecule has 4 heteroatoms. The van der Waals surface area contributed by atoms with Crippen LogP contribution in [0.5, 0.6) is 5.75 Å². The highest BCUT2D eigenvalue weighted by molar-refractivity contribution is 5.94. The van der Waals surface area contributed by atoms with E-state index in [2.05, 4.69) is 17.2 Å². The first kappa shape index (κ1) is 13.6. The van der Waals surface area contributed by atoms with E-state index >= 15 is 0 Å². The standard InChI is InChI=1S/C15H20N2O2/c1-5-16-14-7-11(9-18-3)17-15-10(2)6-12(19-4)8-13(14)15/h6-8H,5,9H2,1-4H3,(H,16,17). The van der Waals surface area contributed by atoms with Crippen LogP contribution in [0.15, 0.2) is 18.2 Å². The molecule has 2 rings (SSSR count). The number of nitrogens with zero attached hydrogens (tertiary/aromatic N) is 1. The van der Waals surface area contributed by atoms with Crippen LogP contribution < -0.4 is 10.1 Å². The Bertz CT molecular complexity index is 582. The Morgan fingerprint density at radius 2 is 2.00 bits per heavy atom. The lowest BCUT2D eigenvalue weighted by atomic mass is 10.1. The number of pyridine rings is 1. The summed E-state index contributed by atoms with van der Waals surface area (Å²) in [4.78, 5) is 4.66. The van der Waals surface area contributed by atoms with E-state index < -0.39 is 0 Å². The van der Waals surface area contributed by atoms with Crippen molar-refractivity contribution in [2.45, 2.75) is 20.5 Å². The monoisotopic (exact) mass is 260 g/mol. The highest BCUT2D eigenvalue weighted by Crippen LogP contribution is 2.30. The molecule has 0 saturated carbocycles. The Kier molecular flexibility index (Phi) is 4.22. The van der Waals surface area contributed by atoms with Crippen molar-refractivity contribution in [3.63, 3.8) is 0 Å². The number of anilines is 1. The summed E-state index contributed by atoms with van der Waals surface area (Å²) < 4.78 is 10.5. The first-order valence-corrected chi connectivity index (χ1v) is 6.40. The van der Waals surface area contributed by atoms with Gasteiger partial charge in [0, 0.05) is 24.7 Å². The molecule has 102 valence electrons. The molecule has 0 aliphatic rings. The van der Waals surface area contributed by atoms with Crippen LogP contribution in [-0.2, 0) is 11.3 Å². The van der Waals surface area contributed by atoms with Crippen molar-refractivity contribution >= 4 is 16.6 Å². The predicted molar refractivity (Wildman–Crippen MR) is 77.9 cm³/mol. The van der Waals surface area contributed by atoms with Gasteiger partial charge in [0.1, 0.15) is 5.75 Å². The summed E-state index contributed by atoms with van der Waals surface area (Å²) in [6, 6.07) is 6.06. The minimum absolute atomic E-state index is 0.514. The van der Waals surface area contributed by atoms with E-state index in [4.69, 9.17) is 9.47 Å². The van der Waals surface area contributed by atoms with Crippen molar-refractivity contribution < 1.29 is 9.47 Å². The Morgan fingerprint density at radius 3 is 2.63 bits per heavy atom. The summed E-state index contributed by atoms with van der Waals surface area (Å²) in [6.45, 7) is 5.50. The van der Waals surface area contributed by atoms with Gasteiger partial charge in [0.25, 0.3) is 0 Å². The van der Waals surface area contributed by atoms with Crippen LogP contribution in [0.2, 0.25) is 0 Å². The lowest BCUT2D eigenvalue weighted by Crippen LogP contribution is -2.02. The molecule has 0 fully saturated rings. The average molecular weight is 260 g/mol. The van der Waals surface area contributed by atoms with Gasteiger partial charge in [0.05, 0.1) is 24.9 Å². The molecule has 1 aromatic heterocycles. The number of rotatable bonds is 5. The fourth-order valence-electron chi connectivity index (χ4n) is 2.20. The second-order valence-electron chi connectivity index (χ2n) is 4.46. The van der Waals surface area contributed by atoms with Gasteiger partial charge < -0.3 is 14.8 Å². The third-order valence-electron chi connectivity index (χ3n) is 3.03. The molecule has 0 atom stereocenters. The van der Waals surface area contributed by atoms with Crippen molar-refractivity contribution in [2.75, 3.05) is 26.1 Å². The highest BCUT2D eigenvalue weighted by atomic mass is 16.5. The summed E-state index contributed by atoms with van der Waals surface area (Å²) in [5.74, 6) is 0.852. The second-order valence-corrected chi connectivity index (χ2v) is 4.46. The topological polar surface area (TPSA) is 43.4 Å². The third kappa shape index (κ3) is 2.79. The summed E-state index contributed by atoms with van der Waals surface area (Å²) in [5, 5.41) is 4.46. The Hall–Kier alpha value is -1.81. The molecule has 0 bridgehead atoms. The zero-order valence-corrected chi connectivity index (χ0v) is 11.9. The number of nitrogens with one attached hydrogen (secondary N) is 1. The number of ether oxygens (including phenoxy) is 2. The molecule has 0 aliphatic carbocycles. The lowest BCUT2D eigenvalue weighted by Gasteiger charge is -2.13. The Balaban J connectivity index is 2.67. The van der Waals surface area contributed by atoms with Crippen molar-refractivity contribution in [3.05, 3.63) is 29.5 Å². The second kappa shape index (κ2) is 5.89. The smallest absolute Gasteiger partial charge is 0.119 e. The molecule has 19 heavy (non-hydrogen) atoms. The zero-order chi connectivity index (χ0) is 13.8. The molecule has 0 spiro atoms. The van der Waals surface area contributed by atoms with Crippen LogP contribution >= 0.6 is 0 Å². The van der Waals surface area contributed by atoms with E-state index in [0.29, 0.717) is 6.61 Å². The maximum Gasteiger partial charge on any atom is 0.119 e. The molecule has 2 aromatic rings. The van der Waals surface area contributed by atoms with E-state index in [1.165, 1.54) is 0 Å². The molecule has 0 saturated heterocycles. The van der Waals surface area contributed by atoms with Crippen LogP contribution in [0.25, 0.3) is 10.9 Å². The maximum absolute atomic E-state index is 5.33. The predicted octanol–water partition coefficient (Wildman–Crippen LogP) is 3.13. The minimum atomic E-state index is 0.514. The van der Waals surface area contributed by atoms with Gasteiger partial charge in [-0.15, -0.1) is 0 Å². The van der Waals surface area contributed by atoms with Crippen molar-refractivity contribution in [1.82, 2.24) is 4.98 Å². The van der Waals surface area contributed by atoms with Crippen molar-refractivity contribution in [2.24, 2.45) is 0 Å². The summed E-state index contributed by atoms with van der Waals surface area (Å²) in [6.07, 6.45) is 0. The highest BCUT2D eigenvalue weighted by Gasteiger charge is 2.09. The number of hydrogen-bond donors (Lipinski definition) is 1. The average Bonchev–Trinajstić information content (AvgIpc) is 2.40. The molecular formula is C15H20N2O2. The van der Waals surface area contributed by atoms with E-state index in [9.17, 15) is 0 Å². The Morgan fingerprint density at radius 1 is 1.21 bits per heavy atom. The number of hydrogen-bond acceptors (Lipinski definition) is 4. The number of aryl methyl sites for hydroxylation is 1. The molecule has 0 radical (unpaired) electrons. The van der Waals surface area contributed by atoms with Gasteiger partial charge in [-0.3, -0.25) is 0 Å². The number of aromatic nitrogens is 1. The van der Waals surface area contributed by atoms with E-state index in [-0.39, 0.29) is 0 Å². The fourth-order valence-corrected chi connectivity index (χ4v) is 2.20.